The summed E-state index contributed by atoms with van der Waals surface area (Å²) in [5.41, 5.74) is 2.91. The van der Waals surface area contributed by atoms with E-state index in [9.17, 15) is 0 Å². The maximum atomic E-state index is 4.41. The Morgan fingerprint density at radius 1 is 0.857 bits per heavy atom. The first-order chi connectivity index (χ1) is 16.6. The average molecular weight is 473 g/mol. The predicted octanol–water partition coefficient (Wildman–Crippen LogP) is 8.46. The second-order valence-corrected chi connectivity index (χ2v) is 14.5. The van der Waals surface area contributed by atoms with Gasteiger partial charge in [-0.2, -0.15) is 0 Å². The molecule has 6 rings (SSSR count). The summed E-state index contributed by atoms with van der Waals surface area (Å²) in [6, 6.07) is 10.2. The van der Waals surface area contributed by atoms with Crippen LogP contribution in [0, 0.1) is 34.5 Å². The summed E-state index contributed by atoms with van der Waals surface area (Å²) in [5, 5.41) is 2.64. The van der Waals surface area contributed by atoms with Gasteiger partial charge in [0.25, 0.3) is 0 Å². The molecule has 1 aromatic carbocycles. The molecule has 4 saturated carbocycles. The van der Waals surface area contributed by atoms with E-state index in [0.29, 0.717) is 10.8 Å². The number of pyridine rings is 1. The van der Waals surface area contributed by atoms with Gasteiger partial charge in [-0.05, 0) is 149 Å². The minimum absolute atomic E-state index is 0.278. The zero-order valence-electron chi connectivity index (χ0n) is 23.2. The van der Waals surface area contributed by atoms with E-state index >= 15 is 0 Å². The Morgan fingerprint density at radius 3 is 2.43 bits per heavy atom. The lowest BCUT2D eigenvalue weighted by Crippen LogP contribution is -2.56. The Morgan fingerprint density at radius 2 is 1.63 bits per heavy atom. The molecule has 2 nitrogen and oxygen atoms in total. The van der Waals surface area contributed by atoms with E-state index in [1.807, 2.05) is 6.20 Å². The molecule has 2 aromatic rings. The summed E-state index contributed by atoms with van der Waals surface area (Å²) >= 11 is 0. The van der Waals surface area contributed by atoms with Crippen LogP contribution in [0.3, 0.4) is 0 Å². The van der Waals surface area contributed by atoms with Gasteiger partial charge in [-0.3, -0.25) is 9.88 Å². The summed E-state index contributed by atoms with van der Waals surface area (Å²) in [7, 11) is 2.38. The molecular weight excluding hydrogens is 424 g/mol. The highest BCUT2D eigenvalue weighted by molar-refractivity contribution is 5.82. The lowest BCUT2D eigenvalue weighted by Gasteiger charge is -2.62. The van der Waals surface area contributed by atoms with Crippen LogP contribution in [-0.2, 0) is 0 Å². The number of aromatic nitrogens is 1. The molecule has 0 unspecified atom stereocenters. The van der Waals surface area contributed by atoms with Gasteiger partial charge < -0.3 is 0 Å². The Labute approximate surface area is 214 Å². The smallest absolute Gasteiger partial charge is 0.0346 e. The van der Waals surface area contributed by atoms with Gasteiger partial charge in [0.05, 0.1) is 0 Å². The predicted molar refractivity (Wildman–Crippen MR) is 148 cm³/mol. The number of rotatable bonds is 2. The molecule has 0 aliphatic heterocycles. The molecule has 4 aliphatic carbocycles. The summed E-state index contributed by atoms with van der Waals surface area (Å²) in [4.78, 5) is 7.10. The van der Waals surface area contributed by atoms with Crippen molar-refractivity contribution >= 4 is 10.8 Å². The molecule has 0 spiro atoms. The zero-order chi connectivity index (χ0) is 24.6. The molecule has 0 saturated heterocycles. The van der Waals surface area contributed by atoms with Crippen molar-refractivity contribution in [3.8, 4) is 0 Å². The van der Waals surface area contributed by atoms with Crippen LogP contribution in [0.15, 0.2) is 36.7 Å². The van der Waals surface area contributed by atoms with Crippen molar-refractivity contribution < 1.29 is 0 Å². The Bertz CT molecular complexity index is 1080. The molecule has 4 fully saturated rings. The fourth-order valence-corrected chi connectivity index (χ4v) is 10.0. The van der Waals surface area contributed by atoms with Crippen molar-refractivity contribution in [1.29, 1.82) is 0 Å². The first-order valence-corrected chi connectivity index (χ1v) is 14.7. The molecule has 0 N–H and O–H groups in total. The second kappa shape index (κ2) is 8.30. The third-order valence-electron chi connectivity index (χ3n) is 12.3. The molecule has 2 heteroatoms. The quantitative estimate of drug-likeness (QED) is 0.436. The van der Waals surface area contributed by atoms with Crippen LogP contribution in [-0.4, -0.2) is 28.5 Å². The van der Waals surface area contributed by atoms with Gasteiger partial charge in [0, 0.05) is 29.4 Å². The lowest BCUT2D eigenvalue weighted by molar-refractivity contribution is -0.120. The largest absolute Gasteiger partial charge is 0.299 e. The van der Waals surface area contributed by atoms with Crippen LogP contribution < -0.4 is 0 Å². The highest BCUT2D eigenvalue weighted by Gasteiger charge is 2.60. The van der Waals surface area contributed by atoms with Crippen LogP contribution in [0.25, 0.3) is 10.8 Å². The van der Waals surface area contributed by atoms with E-state index in [1.165, 1.54) is 68.6 Å². The van der Waals surface area contributed by atoms with Crippen LogP contribution in [0.1, 0.15) is 104 Å². The van der Waals surface area contributed by atoms with E-state index in [-0.39, 0.29) is 5.54 Å². The Hall–Kier alpha value is -1.41. The van der Waals surface area contributed by atoms with Gasteiger partial charge in [-0.1, -0.05) is 26.0 Å². The van der Waals surface area contributed by atoms with Gasteiger partial charge in [0.2, 0.25) is 0 Å². The molecule has 8 atom stereocenters. The summed E-state index contributed by atoms with van der Waals surface area (Å²) in [6.07, 6.45) is 17.0. The third kappa shape index (κ3) is 3.72. The molecule has 0 bridgehead atoms. The highest BCUT2D eigenvalue weighted by Crippen LogP contribution is 2.69. The van der Waals surface area contributed by atoms with Crippen molar-refractivity contribution in [2.45, 2.75) is 110 Å². The van der Waals surface area contributed by atoms with Crippen molar-refractivity contribution in [2.75, 3.05) is 7.05 Å². The van der Waals surface area contributed by atoms with Crippen LogP contribution >= 0.6 is 0 Å². The SMILES string of the molecule is CN([C@H]1CC[C@@]2(C)[C@@H](CC[C@@H]3[C@@H]2CC[C@]2(C)[C@@H](c4ccc5ccncc5c4)CC[C@@H]32)C1)C(C)(C)C. The molecule has 4 aliphatic rings. The Balaban J connectivity index is 1.23. The monoisotopic (exact) mass is 472 g/mol. The fourth-order valence-electron chi connectivity index (χ4n) is 10.0. The Kier molecular flexibility index (Phi) is 5.68. The van der Waals surface area contributed by atoms with E-state index in [2.05, 4.69) is 82.0 Å². The summed E-state index contributed by atoms with van der Waals surface area (Å²) < 4.78 is 0. The topological polar surface area (TPSA) is 16.1 Å². The minimum atomic E-state index is 0.278. The lowest BCUT2D eigenvalue weighted by atomic mass is 9.44. The zero-order valence-corrected chi connectivity index (χ0v) is 23.2. The van der Waals surface area contributed by atoms with Crippen molar-refractivity contribution in [3.05, 3.63) is 42.2 Å². The first kappa shape index (κ1) is 24.0. The van der Waals surface area contributed by atoms with Crippen molar-refractivity contribution in [1.82, 2.24) is 9.88 Å². The number of fused-ring (bicyclic) bond motifs is 6. The maximum absolute atomic E-state index is 4.41. The van der Waals surface area contributed by atoms with E-state index in [4.69, 9.17) is 0 Å². The number of benzene rings is 1. The van der Waals surface area contributed by atoms with Gasteiger partial charge in [0.1, 0.15) is 0 Å². The number of hydrogen-bond donors (Lipinski definition) is 0. The molecule has 1 aromatic heterocycles. The van der Waals surface area contributed by atoms with Crippen LogP contribution in [0.2, 0.25) is 0 Å². The maximum Gasteiger partial charge on any atom is 0.0346 e. The molecule has 1 heterocycles. The number of hydrogen-bond acceptors (Lipinski definition) is 2. The molecule has 190 valence electrons. The first-order valence-electron chi connectivity index (χ1n) is 14.7. The number of nitrogens with zero attached hydrogens (tertiary/aromatic N) is 2. The van der Waals surface area contributed by atoms with Crippen molar-refractivity contribution in [3.63, 3.8) is 0 Å². The highest BCUT2D eigenvalue weighted by atomic mass is 15.2. The van der Waals surface area contributed by atoms with Crippen LogP contribution in [0.4, 0.5) is 0 Å². The van der Waals surface area contributed by atoms with E-state index < -0.39 is 0 Å². The van der Waals surface area contributed by atoms with Crippen LogP contribution in [0.5, 0.6) is 0 Å². The third-order valence-corrected chi connectivity index (χ3v) is 12.3. The minimum Gasteiger partial charge on any atom is -0.299 e. The van der Waals surface area contributed by atoms with Gasteiger partial charge in [-0.15, -0.1) is 0 Å². The van der Waals surface area contributed by atoms with E-state index in [0.717, 1.165) is 35.6 Å². The molecule has 0 radical (unpaired) electrons. The van der Waals surface area contributed by atoms with Gasteiger partial charge in [0.15, 0.2) is 0 Å². The summed E-state index contributed by atoms with van der Waals surface area (Å²) in [6.45, 7) is 12.6. The normalized spacial score (nSPS) is 41.5. The molecule has 0 amide bonds. The second-order valence-electron chi connectivity index (χ2n) is 14.5. The summed E-state index contributed by atoms with van der Waals surface area (Å²) in [5.74, 6) is 4.49. The molecule has 35 heavy (non-hydrogen) atoms. The van der Waals surface area contributed by atoms with Gasteiger partial charge >= 0.3 is 0 Å². The van der Waals surface area contributed by atoms with Crippen molar-refractivity contribution in [2.24, 2.45) is 34.5 Å². The fraction of sp³-hybridized carbons (Fsp3) is 0.727. The van der Waals surface area contributed by atoms with E-state index in [1.54, 1.807) is 5.56 Å². The molecular formula is C33H48N2. The van der Waals surface area contributed by atoms with Gasteiger partial charge in [-0.25, -0.2) is 0 Å². The average Bonchev–Trinajstić information content (AvgIpc) is 3.19. The standard InChI is InChI=1S/C33H48N2/c1-31(2,3)35(6)26-13-16-32(4)25(20-26)9-10-27-29-12-11-28(33(29,5)17-14-30(27)32)23-8-7-22-15-18-34-21-24(22)19-23/h7-8,15,18-19,21,25-30H,9-14,16-17,20H2,1-6H3/t25-,26-,27-,28+,29-,30-,32-,33+/m0/s1.